The molecule has 0 unspecified atom stereocenters. The van der Waals surface area contributed by atoms with Crippen molar-refractivity contribution >= 4 is 0 Å². The van der Waals surface area contributed by atoms with Crippen molar-refractivity contribution in [2.45, 2.75) is 60.3 Å². The van der Waals surface area contributed by atoms with Crippen molar-refractivity contribution in [2.24, 2.45) is 0 Å². The molecule has 0 bridgehead atoms. The molecule has 0 atom stereocenters. The fraction of sp³-hybridized carbons (Fsp3) is 0.647. The molecule has 1 heteroatoms. The zero-order valence-corrected chi connectivity index (χ0v) is 13.0. The summed E-state index contributed by atoms with van der Waals surface area (Å²) in [5, 5.41) is 3.21. The topological polar surface area (TPSA) is 12.0 Å². The minimum Gasteiger partial charge on any atom is -0.320 e. The van der Waals surface area contributed by atoms with Gasteiger partial charge in [0.25, 0.3) is 0 Å². The van der Waals surface area contributed by atoms with E-state index in [0.717, 1.165) is 6.54 Å². The highest BCUT2D eigenvalue weighted by atomic mass is 14.8. The summed E-state index contributed by atoms with van der Waals surface area (Å²) >= 11 is 0. The monoisotopic (exact) mass is 247 g/mol. The van der Waals surface area contributed by atoms with Crippen molar-refractivity contribution in [1.82, 2.24) is 5.32 Å². The number of nitrogens with one attached hydrogen (secondary N) is 1. The molecule has 1 rings (SSSR count). The average Bonchev–Trinajstić information content (AvgIpc) is 2.37. The number of rotatable bonds is 6. The molecule has 0 aliphatic rings. The Morgan fingerprint density at radius 2 is 1.17 bits per heavy atom. The Labute approximate surface area is 113 Å². The van der Waals surface area contributed by atoms with Gasteiger partial charge in [-0.2, -0.15) is 0 Å². The van der Waals surface area contributed by atoms with E-state index in [9.17, 15) is 0 Å². The molecule has 0 fully saturated rings. The third-order valence-electron chi connectivity index (χ3n) is 4.51. The third-order valence-corrected chi connectivity index (χ3v) is 4.51. The molecule has 18 heavy (non-hydrogen) atoms. The van der Waals surface area contributed by atoms with Gasteiger partial charge in [-0.05, 0) is 101 Å². The summed E-state index contributed by atoms with van der Waals surface area (Å²) in [4.78, 5) is 0. The van der Waals surface area contributed by atoms with Crippen molar-refractivity contribution in [3.05, 3.63) is 33.4 Å². The lowest BCUT2D eigenvalue weighted by molar-refractivity contribution is 0.640. The van der Waals surface area contributed by atoms with Gasteiger partial charge in [-0.15, -0.1) is 0 Å². The van der Waals surface area contributed by atoms with E-state index in [-0.39, 0.29) is 0 Å². The van der Waals surface area contributed by atoms with E-state index in [2.05, 4.69) is 39.9 Å². The van der Waals surface area contributed by atoms with Crippen LogP contribution in [0.15, 0.2) is 0 Å². The lowest BCUT2D eigenvalue weighted by atomic mass is 9.87. The predicted molar refractivity (Wildman–Crippen MR) is 81.6 cm³/mol. The van der Waals surface area contributed by atoms with Crippen LogP contribution in [0.3, 0.4) is 0 Å². The summed E-state index contributed by atoms with van der Waals surface area (Å²) in [6, 6.07) is 0. The van der Waals surface area contributed by atoms with Gasteiger partial charge in [-0.1, -0.05) is 6.42 Å². The molecule has 0 aliphatic heterocycles. The van der Waals surface area contributed by atoms with Crippen molar-refractivity contribution in [2.75, 3.05) is 13.6 Å². The minimum absolute atomic E-state index is 1.14. The van der Waals surface area contributed by atoms with Gasteiger partial charge in [0.1, 0.15) is 0 Å². The van der Waals surface area contributed by atoms with E-state index in [1.165, 1.54) is 53.5 Å². The second kappa shape index (κ2) is 6.94. The first-order valence-corrected chi connectivity index (χ1v) is 7.21. The van der Waals surface area contributed by atoms with Crippen LogP contribution in [0.1, 0.15) is 52.6 Å². The second-order valence-electron chi connectivity index (χ2n) is 5.52. The van der Waals surface area contributed by atoms with Gasteiger partial charge in [-0.25, -0.2) is 0 Å². The highest BCUT2D eigenvalue weighted by molar-refractivity contribution is 5.49. The maximum atomic E-state index is 3.21. The van der Waals surface area contributed by atoms with Crippen LogP contribution in [0.4, 0.5) is 0 Å². The molecule has 0 saturated carbocycles. The first kappa shape index (κ1) is 15.2. The van der Waals surface area contributed by atoms with Gasteiger partial charge >= 0.3 is 0 Å². The van der Waals surface area contributed by atoms with Crippen LogP contribution in [-0.4, -0.2) is 13.6 Å². The van der Waals surface area contributed by atoms with Gasteiger partial charge in [0.2, 0.25) is 0 Å². The molecular formula is C17H29N. The lowest BCUT2D eigenvalue weighted by Gasteiger charge is -2.18. The molecule has 0 radical (unpaired) electrons. The van der Waals surface area contributed by atoms with Crippen LogP contribution in [0.25, 0.3) is 0 Å². The van der Waals surface area contributed by atoms with Gasteiger partial charge in [0.15, 0.2) is 0 Å². The Bertz CT molecular complexity index is 376. The Balaban J connectivity index is 2.77. The van der Waals surface area contributed by atoms with Crippen molar-refractivity contribution in [3.63, 3.8) is 0 Å². The van der Waals surface area contributed by atoms with Crippen LogP contribution >= 0.6 is 0 Å². The SMILES string of the molecule is CNCCCCCc1c(C)c(C)c(C)c(C)c1C. The van der Waals surface area contributed by atoms with Crippen LogP contribution < -0.4 is 5.32 Å². The fourth-order valence-electron chi connectivity index (χ4n) is 2.73. The van der Waals surface area contributed by atoms with Gasteiger partial charge in [0.05, 0.1) is 0 Å². The number of unbranched alkanes of at least 4 members (excludes halogenated alkanes) is 2. The van der Waals surface area contributed by atoms with Crippen molar-refractivity contribution in [3.8, 4) is 0 Å². The highest BCUT2D eigenvalue weighted by Gasteiger charge is 2.11. The number of hydrogen-bond donors (Lipinski definition) is 1. The normalized spacial score (nSPS) is 11.0. The van der Waals surface area contributed by atoms with E-state index in [1.54, 1.807) is 5.56 Å². The third kappa shape index (κ3) is 3.35. The molecule has 102 valence electrons. The molecule has 0 amide bonds. The summed E-state index contributed by atoms with van der Waals surface area (Å²) in [7, 11) is 2.03. The van der Waals surface area contributed by atoms with E-state index in [1.807, 2.05) is 7.05 Å². The number of hydrogen-bond acceptors (Lipinski definition) is 1. The molecule has 0 saturated heterocycles. The van der Waals surface area contributed by atoms with Crippen LogP contribution in [0.5, 0.6) is 0 Å². The van der Waals surface area contributed by atoms with Crippen LogP contribution in [-0.2, 0) is 6.42 Å². The molecule has 1 nitrogen and oxygen atoms in total. The van der Waals surface area contributed by atoms with Crippen molar-refractivity contribution in [1.29, 1.82) is 0 Å². The highest BCUT2D eigenvalue weighted by Crippen LogP contribution is 2.27. The molecule has 1 aromatic carbocycles. The van der Waals surface area contributed by atoms with Crippen LogP contribution in [0, 0.1) is 34.6 Å². The Kier molecular flexibility index (Phi) is 5.87. The average molecular weight is 247 g/mol. The molecule has 0 aromatic heterocycles. The maximum absolute atomic E-state index is 3.21. The summed E-state index contributed by atoms with van der Waals surface area (Å²) in [5.41, 5.74) is 9.09. The predicted octanol–water partition coefficient (Wildman–Crippen LogP) is 4.16. The standard InChI is InChI=1S/C17H29N/c1-12-13(2)15(4)17(16(5)14(12)3)10-8-7-9-11-18-6/h18H,7-11H2,1-6H3. The fourth-order valence-corrected chi connectivity index (χ4v) is 2.73. The Morgan fingerprint density at radius 3 is 1.67 bits per heavy atom. The molecule has 1 N–H and O–H groups in total. The van der Waals surface area contributed by atoms with Gasteiger partial charge in [0, 0.05) is 0 Å². The first-order chi connectivity index (χ1) is 8.50. The van der Waals surface area contributed by atoms with E-state index < -0.39 is 0 Å². The molecule has 1 aromatic rings. The Morgan fingerprint density at radius 1 is 0.667 bits per heavy atom. The number of benzene rings is 1. The quantitative estimate of drug-likeness (QED) is 0.744. The molecule has 0 heterocycles. The second-order valence-corrected chi connectivity index (χ2v) is 5.52. The molecule has 0 aliphatic carbocycles. The largest absolute Gasteiger partial charge is 0.320 e. The Hall–Kier alpha value is -0.820. The zero-order chi connectivity index (χ0) is 13.7. The minimum atomic E-state index is 1.14. The van der Waals surface area contributed by atoms with E-state index in [4.69, 9.17) is 0 Å². The summed E-state index contributed by atoms with van der Waals surface area (Å²) in [5.74, 6) is 0. The first-order valence-electron chi connectivity index (χ1n) is 7.21. The van der Waals surface area contributed by atoms with Gasteiger partial charge < -0.3 is 5.32 Å². The molecular weight excluding hydrogens is 218 g/mol. The van der Waals surface area contributed by atoms with Gasteiger partial charge in [-0.3, -0.25) is 0 Å². The zero-order valence-electron chi connectivity index (χ0n) is 13.0. The summed E-state index contributed by atoms with van der Waals surface area (Å²) in [6.45, 7) is 12.5. The van der Waals surface area contributed by atoms with E-state index in [0.29, 0.717) is 0 Å². The van der Waals surface area contributed by atoms with Crippen molar-refractivity contribution < 1.29 is 0 Å². The summed E-state index contributed by atoms with van der Waals surface area (Å²) in [6.07, 6.45) is 5.17. The lowest BCUT2D eigenvalue weighted by Crippen LogP contribution is -2.07. The summed E-state index contributed by atoms with van der Waals surface area (Å²) < 4.78 is 0. The smallest absolute Gasteiger partial charge is 0.00519 e. The van der Waals surface area contributed by atoms with E-state index >= 15 is 0 Å². The molecule has 0 spiro atoms. The maximum Gasteiger partial charge on any atom is -0.00519 e. The van der Waals surface area contributed by atoms with Crippen LogP contribution in [0.2, 0.25) is 0 Å².